The molecule has 3 rings (SSSR count). The number of hydrogen-bond donors (Lipinski definition) is 8. The maximum atomic E-state index is 12.3. The van der Waals surface area contributed by atoms with Gasteiger partial charge in [-0.1, -0.05) is 33.9 Å². The van der Waals surface area contributed by atoms with Gasteiger partial charge in [-0.25, -0.2) is 4.79 Å². The molecule has 9 N–H and O–H groups in total. The molecule has 0 spiro atoms. The molecule has 0 saturated heterocycles. The highest BCUT2D eigenvalue weighted by molar-refractivity contribution is 6.59. The van der Waals surface area contributed by atoms with Crippen LogP contribution < -0.4 is 32.6 Å². The zero-order valence-electron chi connectivity index (χ0n) is 22.8. The van der Waals surface area contributed by atoms with Gasteiger partial charge in [0.05, 0.1) is 6.04 Å². The van der Waals surface area contributed by atoms with Gasteiger partial charge in [0.15, 0.2) is 5.82 Å². The molecular formula is C25H38N7O6Si. The molecule has 13 nitrogen and oxygen atoms in total. The fraction of sp³-hybridized carbons (Fsp3) is 0.480. The average Bonchev–Trinajstić information content (AvgIpc) is 2.85. The lowest BCUT2D eigenvalue weighted by molar-refractivity contribution is -0.140. The Morgan fingerprint density at radius 2 is 1.79 bits per heavy atom. The number of fused-ring (bicyclic) bond motifs is 1. The first-order valence-electron chi connectivity index (χ1n) is 12.5. The van der Waals surface area contributed by atoms with E-state index in [1.807, 2.05) is 0 Å². The Labute approximate surface area is 228 Å². The third-order valence-electron chi connectivity index (χ3n) is 6.25. The van der Waals surface area contributed by atoms with E-state index in [4.69, 9.17) is 15.9 Å². The summed E-state index contributed by atoms with van der Waals surface area (Å²) in [5.41, 5.74) is 6.40. The molecule has 0 bridgehead atoms. The van der Waals surface area contributed by atoms with E-state index in [1.165, 1.54) is 12.1 Å². The van der Waals surface area contributed by atoms with E-state index in [9.17, 15) is 19.2 Å². The van der Waals surface area contributed by atoms with Gasteiger partial charge in [-0.3, -0.25) is 19.4 Å². The second-order valence-corrected chi connectivity index (χ2v) is 13.9. The topological polar surface area (TPSA) is 212 Å². The highest BCUT2D eigenvalue weighted by Gasteiger charge is 2.23. The van der Waals surface area contributed by atoms with Crippen LogP contribution in [-0.4, -0.2) is 72.0 Å². The van der Waals surface area contributed by atoms with Crippen LogP contribution in [0, 0.1) is 0 Å². The number of nitrogen functional groups attached to an aromatic ring is 1. The number of aromatic amines is 1. The first-order valence-corrected chi connectivity index (χ1v) is 15.0. The molecule has 39 heavy (non-hydrogen) atoms. The minimum absolute atomic E-state index is 0.0281. The smallest absolute Gasteiger partial charge is 0.326 e. The van der Waals surface area contributed by atoms with E-state index >= 15 is 0 Å². The van der Waals surface area contributed by atoms with Gasteiger partial charge in [-0.05, 0) is 35.7 Å². The monoisotopic (exact) mass is 560 g/mol. The molecule has 0 aliphatic carbocycles. The fourth-order valence-electron chi connectivity index (χ4n) is 3.10. The summed E-state index contributed by atoms with van der Waals surface area (Å²) in [4.78, 5) is 52.6. The molecular weight excluding hydrogens is 522 g/mol. The number of rotatable bonds is 9. The van der Waals surface area contributed by atoms with Crippen LogP contribution in [0.3, 0.4) is 0 Å². The summed E-state index contributed by atoms with van der Waals surface area (Å²) in [5, 5.41) is 30.1. The van der Waals surface area contributed by atoms with Crippen LogP contribution in [0.4, 0.5) is 23.1 Å². The predicted molar refractivity (Wildman–Crippen MR) is 153 cm³/mol. The summed E-state index contributed by atoms with van der Waals surface area (Å²) in [6, 6.07) is 4.93. The highest BCUT2D eigenvalue weighted by Crippen LogP contribution is 2.25. The lowest BCUT2D eigenvalue weighted by Crippen LogP contribution is -2.41. The van der Waals surface area contributed by atoms with Gasteiger partial charge in [-0.15, -0.1) is 0 Å². The van der Waals surface area contributed by atoms with Crippen LogP contribution in [0.2, 0.25) is 18.1 Å². The number of aliphatic carboxylic acids is 2. The number of carboxylic acids is 2. The number of H-pyrrole nitrogens is 1. The molecule has 1 aliphatic rings. The second-order valence-electron chi connectivity index (χ2n) is 10.4. The van der Waals surface area contributed by atoms with Gasteiger partial charge in [0.1, 0.15) is 11.7 Å². The molecule has 1 radical (unpaired) electrons. The maximum Gasteiger partial charge on any atom is 0.326 e. The summed E-state index contributed by atoms with van der Waals surface area (Å²) in [6.07, 6.45) is -0.587. The van der Waals surface area contributed by atoms with E-state index < -0.39 is 23.9 Å². The van der Waals surface area contributed by atoms with E-state index in [0.29, 0.717) is 35.3 Å². The van der Waals surface area contributed by atoms with Crippen LogP contribution in [0.1, 0.15) is 44.0 Å². The Hall–Kier alpha value is -4.07. The molecule has 2 atom stereocenters. The number of nitrogens with zero attached hydrogens (tertiary/aromatic N) is 1. The van der Waals surface area contributed by atoms with Crippen LogP contribution in [-0.2, 0) is 9.59 Å². The van der Waals surface area contributed by atoms with Crippen molar-refractivity contribution in [3.63, 3.8) is 0 Å². The molecule has 1 aliphatic heterocycles. The Balaban J connectivity index is 0.000000673. The van der Waals surface area contributed by atoms with Crippen molar-refractivity contribution in [3.05, 3.63) is 40.2 Å². The number of nitrogens with two attached hydrogens (primary N) is 1. The van der Waals surface area contributed by atoms with Gasteiger partial charge in [0, 0.05) is 39.6 Å². The van der Waals surface area contributed by atoms with Crippen LogP contribution in [0.25, 0.3) is 0 Å². The number of carboxylic acid groups (broad SMARTS) is 2. The largest absolute Gasteiger partial charge is 0.481 e. The third-order valence-corrected chi connectivity index (χ3v) is 9.25. The second kappa shape index (κ2) is 13.6. The zero-order valence-corrected chi connectivity index (χ0v) is 23.8. The maximum absolute atomic E-state index is 12.3. The number of nitrogens with one attached hydrogen (secondary N) is 5. The fourth-order valence-corrected chi connectivity index (χ4v) is 3.10. The number of anilines is 4. The first kappa shape index (κ1) is 31.1. The normalized spacial score (nSPS) is 15.0. The van der Waals surface area contributed by atoms with Gasteiger partial charge in [0.25, 0.3) is 11.5 Å². The minimum atomic E-state index is -1.30. The van der Waals surface area contributed by atoms with Crippen LogP contribution in [0.15, 0.2) is 29.1 Å². The van der Waals surface area contributed by atoms with Crippen molar-refractivity contribution in [2.45, 2.75) is 63.8 Å². The average molecular weight is 561 g/mol. The number of hydrogen-bond acceptors (Lipinski definition) is 9. The lowest BCUT2D eigenvalue weighted by Gasteiger charge is -2.27. The molecule has 14 heteroatoms. The van der Waals surface area contributed by atoms with Crippen LogP contribution in [0.5, 0.6) is 0 Å². The third kappa shape index (κ3) is 9.96. The number of amides is 1. The van der Waals surface area contributed by atoms with Gasteiger partial charge in [-0.2, -0.15) is 4.98 Å². The van der Waals surface area contributed by atoms with Crippen LogP contribution >= 0.6 is 0 Å². The lowest BCUT2D eigenvalue weighted by atomic mass is 10.1. The molecule has 0 fully saturated rings. The Morgan fingerprint density at radius 1 is 1.18 bits per heavy atom. The summed E-state index contributed by atoms with van der Waals surface area (Å²) in [5.74, 6) is -2.64. The SMILES string of the molecule is C[Si](C)C(C)(C)C.Nc1nc2c(c(=O)[nH]1)N[C@H](CNc1ccc(C(=O)N[C@@H](CCC(=O)O)C(=O)O)cc1)CN2. The van der Waals surface area contributed by atoms with E-state index in [0.717, 1.165) is 0 Å². The summed E-state index contributed by atoms with van der Waals surface area (Å²) in [7, 11) is -0.0502. The zero-order chi connectivity index (χ0) is 29.3. The molecule has 0 unspecified atom stereocenters. The van der Waals surface area contributed by atoms with Crippen molar-refractivity contribution in [3.8, 4) is 0 Å². The standard InChI is InChI=1S/C19H23N7O6.C6H15Si/c20-19-25-15-14(17(30)26-19)23-11(8-22-15)7-21-10-3-1-9(2-4-10)16(29)24-12(18(31)32)5-6-13(27)28;1-6(2,3)7(4)5/h1-4,11-12,21,23H,5-8H2,(H,24,29)(H,27,28)(H,31,32)(H4,20,22,25,26,30);1-5H3/t11-,12+;/m1./s1. The summed E-state index contributed by atoms with van der Waals surface area (Å²) < 4.78 is 0. The molecule has 213 valence electrons. The number of carbonyl (C=O) groups excluding carboxylic acids is 1. The molecule has 0 saturated carbocycles. The van der Waals surface area contributed by atoms with Crippen molar-refractivity contribution in [1.29, 1.82) is 0 Å². The van der Waals surface area contributed by atoms with Crippen molar-refractivity contribution in [1.82, 2.24) is 15.3 Å². The molecule has 2 heterocycles. The number of aromatic nitrogens is 2. The van der Waals surface area contributed by atoms with Gasteiger partial charge in [0.2, 0.25) is 5.95 Å². The Bertz CT molecular complexity index is 1210. The van der Waals surface area contributed by atoms with E-state index in [2.05, 4.69) is 65.1 Å². The highest BCUT2D eigenvalue weighted by atomic mass is 28.3. The number of carbonyl (C=O) groups is 3. The number of benzene rings is 1. The van der Waals surface area contributed by atoms with E-state index in [-0.39, 0.29) is 44.8 Å². The van der Waals surface area contributed by atoms with Crippen molar-refractivity contribution >= 4 is 49.8 Å². The summed E-state index contributed by atoms with van der Waals surface area (Å²) in [6.45, 7) is 12.6. The quantitative estimate of drug-likeness (QED) is 0.208. The van der Waals surface area contributed by atoms with Gasteiger partial charge >= 0.3 is 11.9 Å². The summed E-state index contributed by atoms with van der Waals surface area (Å²) >= 11 is 0. The van der Waals surface area contributed by atoms with Crippen molar-refractivity contribution in [2.75, 3.05) is 34.8 Å². The Morgan fingerprint density at radius 3 is 2.33 bits per heavy atom. The molecule has 1 aromatic carbocycles. The van der Waals surface area contributed by atoms with Gasteiger partial charge < -0.3 is 37.2 Å². The predicted octanol–water partition coefficient (Wildman–Crippen LogP) is 2.26. The minimum Gasteiger partial charge on any atom is -0.481 e. The van der Waals surface area contributed by atoms with Crippen molar-refractivity contribution in [2.24, 2.45) is 0 Å². The molecule has 2 aromatic rings. The van der Waals surface area contributed by atoms with E-state index in [1.54, 1.807) is 12.1 Å². The molecule has 1 amide bonds. The Kier molecular flexibility index (Phi) is 10.9. The molecule has 1 aromatic heterocycles. The first-order chi connectivity index (χ1) is 18.2. The van der Waals surface area contributed by atoms with Crippen molar-refractivity contribution < 1.29 is 24.6 Å².